The Balaban J connectivity index is 1.61. The molecule has 1 amide bonds. The number of amides is 1. The Labute approximate surface area is 224 Å². The Kier molecular flexibility index (Phi) is 6.99. The van der Waals surface area contributed by atoms with Crippen LogP contribution in [-0.4, -0.2) is 38.7 Å². The highest BCUT2D eigenvalue weighted by Gasteiger charge is 2.36. The summed E-state index contributed by atoms with van der Waals surface area (Å²) in [5.74, 6) is -3.01. The van der Waals surface area contributed by atoms with Gasteiger partial charge in [0, 0.05) is 23.3 Å². The van der Waals surface area contributed by atoms with Crippen LogP contribution in [-0.2, 0) is 22.1 Å². The number of ether oxygens (including phenoxy) is 1. The molecule has 202 valence electrons. The number of methoxy groups -OCH3 is 1. The van der Waals surface area contributed by atoms with Gasteiger partial charge in [0.25, 0.3) is 5.91 Å². The van der Waals surface area contributed by atoms with E-state index in [9.17, 15) is 22.8 Å². The summed E-state index contributed by atoms with van der Waals surface area (Å²) in [6, 6.07) is 16.1. The minimum absolute atomic E-state index is 0.00652. The number of hydrogen-bond acceptors (Lipinski definition) is 6. The molecule has 5 aromatic rings. The van der Waals surface area contributed by atoms with Gasteiger partial charge in [-0.15, -0.1) is 0 Å². The molecule has 0 saturated carbocycles. The molecule has 0 aliphatic rings. The molecule has 0 bridgehead atoms. The average Bonchev–Trinajstić information content (AvgIpc) is 3.30. The molecule has 0 saturated heterocycles. The average molecular weight is 549 g/mol. The first kappa shape index (κ1) is 26.5. The number of carbonyl (C=O) groups excluding carboxylic acids is 2. The van der Waals surface area contributed by atoms with Crippen molar-refractivity contribution in [2.24, 2.45) is 0 Å². The number of nitrogens with one attached hydrogen (secondary N) is 1. The lowest BCUT2D eigenvalue weighted by atomic mass is 10.0. The first-order valence-electron chi connectivity index (χ1n) is 11.8. The molecule has 0 radical (unpaired) electrons. The van der Waals surface area contributed by atoms with E-state index in [0.29, 0.717) is 22.2 Å². The largest absolute Gasteiger partial charge is 0.469 e. The fraction of sp³-hybridized carbons (Fsp3) is 0.107. The van der Waals surface area contributed by atoms with Crippen LogP contribution in [0.1, 0.15) is 21.5 Å². The molecule has 0 unspecified atom stereocenters. The van der Waals surface area contributed by atoms with Gasteiger partial charge in [0.15, 0.2) is 5.82 Å². The Morgan fingerprint density at radius 3 is 2.38 bits per heavy atom. The lowest BCUT2D eigenvalue weighted by Gasteiger charge is -2.15. The maximum absolute atomic E-state index is 15.0. The SMILES string of the molecule is COC(=O)Cc1ccc2c(NC(=O)c3cc(-c4ncccn4)c(C(F)(F)F)cc3F)n(-c3ccccc3)nc2c1. The summed E-state index contributed by atoms with van der Waals surface area (Å²) in [5, 5.41) is 7.60. The van der Waals surface area contributed by atoms with E-state index in [2.05, 4.69) is 20.4 Å². The summed E-state index contributed by atoms with van der Waals surface area (Å²) in [4.78, 5) is 32.8. The second kappa shape index (κ2) is 10.6. The van der Waals surface area contributed by atoms with E-state index in [4.69, 9.17) is 4.74 Å². The number of para-hydroxylation sites is 1. The summed E-state index contributed by atoms with van der Waals surface area (Å²) in [5.41, 5.74) is -0.941. The van der Waals surface area contributed by atoms with Crippen molar-refractivity contribution in [2.45, 2.75) is 12.6 Å². The predicted molar refractivity (Wildman–Crippen MR) is 137 cm³/mol. The van der Waals surface area contributed by atoms with Crippen molar-refractivity contribution in [1.29, 1.82) is 0 Å². The van der Waals surface area contributed by atoms with Crippen LogP contribution in [0.15, 0.2) is 79.1 Å². The van der Waals surface area contributed by atoms with E-state index in [1.807, 2.05) is 0 Å². The number of nitrogens with zero attached hydrogens (tertiary/aromatic N) is 4. The van der Waals surface area contributed by atoms with Gasteiger partial charge < -0.3 is 10.1 Å². The number of esters is 1. The van der Waals surface area contributed by atoms with Gasteiger partial charge in [-0.05, 0) is 48.0 Å². The van der Waals surface area contributed by atoms with E-state index in [-0.39, 0.29) is 24.1 Å². The minimum Gasteiger partial charge on any atom is -0.469 e. The Bertz CT molecular complexity index is 1720. The topological polar surface area (TPSA) is 99.0 Å². The van der Waals surface area contributed by atoms with E-state index < -0.39 is 40.6 Å². The van der Waals surface area contributed by atoms with Gasteiger partial charge in [-0.1, -0.05) is 24.3 Å². The highest BCUT2D eigenvalue weighted by molar-refractivity contribution is 6.09. The summed E-state index contributed by atoms with van der Waals surface area (Å²) in [6.45, 7) is 0. The van der Waals surface area contributed by atoms with Crippen molar-refractivity contribution < 1.29 is 31.9 Å². The third-order valence-electron chi connectivity index (χ3n) is 6.01. The van der Waals surface area contributed by atoms with Crippen LogP contribution in [0.2, 0.25) is 0 Å². The first-order valence-corrected chi connectivity index (χ1v) is 11.8. The highest BCUT2D eigenvalue weighted by Crippen LogP contribution is 2.38. The molecular formula is C28H19F4N5O3. The van der Waals surface area contributed by atoms with E-state index in [0.717, 1.165) is 6.07 Å². The lowest BCUT2D eigenvalue weighted by Crippen LogP contribution is -2.18. The van der Waals surface area contributed by atoms with Crippen molar-refractivity contribution in [3.63, 3.8) is 0 Å². The van der Waals surface area contributed by atoms with Crippen LogP contribution < -0.4 is 5.32 Å². The first-order chi connectivity index (χ1) is 19.2. The number of rotatable bonds is 6. The monoisotopic (exact) mass is 549 g/mol. The van der Waals surface area contributed by atoms with Crippen molar-refractivity contribution in [3.8, 4) is 17.1 Å². The summed E-state index contributed by atoms with van der Waals surface area (Å²) in [6.07, 6.45) is -2.45. The number of fused-ring (bicyclic) bond motifs is 1. The number of alkyl halides is 3. The number of hydrogen-bond donors (Lipinski definition) is 1. The van der Waals surface area contributed by atoms with Crippen LogP contribution in [0.4, 0.5) is 23.4 Å². The third kappa shape index (κ3) is 5.23. The summed E-state index contributed by atoms with van der Waals surface area (Å²) >= 11 is 0. The maximum atomic E-state index is 15.0. The molecule has 0 aliphatic carbocycles. The number of anilines is 1. The number of carbonyl (C=O) groups is 2. The maximum Gasteiger partial charge on any atom is 0.417 e. The van der Waals surface area contributed by atoms with Gasteiger partial charge in [-0.25, -0.2) is 19.0 Å². The quantitative estimate of drug-likeness (QED) is 0.219. The molecule has 0 spiro atoms. The van der Waals surface area contributed by atoms with Gasteiger partial charge in [0.1, 0.15) is 11.6 Å². The van der Waals surface area contributed by atoms with Crippen LogP contribution in [0.5, 0.6) is 0 Å². The van der Waals surface area contributed by atoms with Gasteiger partial charge in [0.2, 0.25) is 0 Å². The summed E-state index contributed by atoms with van der Waals surface area (Å²) in [7, 11) is 1.27. The van der Waals surface area contributed by atoms with Gasteiger partial charge >= 0.3 is 12.1 Å². The molecule has 0 aliphatic heterocycles. The zero-order valence-electron chi connectivity index (χ0n) is 20.7. The second-order valence-electron chi connectivity index (χ2n) is 8.60. The smallest absolute Gasteiger partial charge is 0.417 e. The van der Waals surface area contributed by atoms with Crippen molar-refractivity contribution in [3.05, 3.63) is 102 Å². The molecular weight excluding hydrogens is 530 g/mol. The molecule has 12 heteroatoms. The molecule has 0 atom stereocenters. The van der Waals surface area contributed by atoms with E-state index >= 15 is 4.39 Å². The van der Waals surface area contributed by atoms with Crippen molar-refractivity contribution in [1.82, 2.24) is 19.7 Å². The molecule has 0 fully saturated rings. The van der Waals surface area contributed by atoms with E-state index in [1.54, 1.807) is 48.5 Å². The van der Waals surface area contributed by atoms with E-state index in [1.165, 1.54) is 30.3 Å². The number of benzene rings is 3. The van der Waals surface area contributed by atoms with Gasteiger partial charge in [-0.2, -0.15) is 18.3 Å². The van der Waals surface area contributed by atoms with Gasteiger partial charge in [0.05, 0.1) is 35.9 Å². The second-order valence-corrected chi connectivity index (χ2v) is 8.60. The highest BCUT2D eigenvalue weighted by atomic mass is 19.4. The Morgan fingerprint density at radius 1 is 0.975 bits per heavy atom. The third-order valence-corrected chi connectivity index (χ3v) is 6.01. The zero-order chi connectivity index (χ0) is 28.4. The van der Waals surface area contributed by atoms with Crippen LogP contribution in [0.25, 0.3) is 28.0 Å². The van der Waals surface area contributed by atoms with Crippen molar-refractivity contribution >= 4 is 28.6 Å². The number of halogens is 4. The molecule has 1 N–H and O–H groups in total. The Morgan fingerprint density at radius 2 is 1.70 bits per heavy atom. The molecule has 40 heavy (non-hydrogen) atoms. The molecule has 3 aromatic carbocycles. The Hall–Kier alpha value is -5.13. The fourth-order valence-corrected chi connectivity index (χ4v) is 4.14. The van der Waals surface area contributed by atoms with Crippen LogP contribution in [0, 0.1) is 5.82 Å². The summed E-state index contributed by atoms with van der Waals surface area (Å²) < 4.78 is 62.4. The fourth-order valence-electron chi connectivity index (χ4n) is 4.14. The zero-order valence-corrected chi connectivity index (χ0v) is 20.7. The molecule has 5 rings (SSSR count). The standard InChI is InChI=1S/C28H19F4N5O3/c1-40-24(38)13-16-8-9-18-23(12-16)36-37(17-6-3-2-4-7-17)26(18)35-27(39)20-14-19(25-33-10-5-11-34-25)21(15-22(20)29)28(30,31)32/h2-12,14-15H,13H2,1H3,(H,35,39). The molecule has 2 aromatic heterocycles. The van der Waals surface area contributed by atoms with Gasteiger partial charge in [-0.3, -0.25) is 9.59 Å². The predicted octanol–water partition coefficient (Wildman–Crippen LogP) is 5.61. The van der Waals surface area contributed by atoms with Crippen molar-refractivity contribution in [2.75, 3.05) is 12.4 Å². The normalized spacial score (nSPS) is 11.4. The molecule has 2 heterocycles. The minimum atomic E-state index is -4.92. The number of aromatic nitrogens is 4. The lowest BCUT2D eigenvalue weighted by molar-refractivity contribution is -0.140. The molecule has 8 nitrogen and oxygen atoms in total. The van der Waals surface area contributed by atoms with Crippen LogP contribution in [0.3, 0.4) is 0 Å². The van der Waals surface area contributed by atoms with Crippen LogP contribution >= 0.6 is 0 Å².